The molecule has 0 N–H and O–H groups in total. The molecule has 6 rings (SSSR count). The number of rotatable bonds is 3. The Kier molecular flexibility index (Phi) is 8.89. The first-order valence-electron chi connectivity index (χ1n) is 15.5. The second kappa shape index (κ2) is 12.2. The quantitative estimate of drug-likeness (QED) is 0.172. The standard InChI is InChI=1S/C29H35.C13H10.Zr/c1-17-14-22(28(4,5)6)15-21-16-23-25(24(17)21)18(2)19(3)27(29(7,8)9)26(23)20-12-10-11-13-20;1-3-7-12(8-4-1)11-13-9-5-2-6-10-13;/h10-12,14-16H,13H2,1-9H3;1-10H;/q-1;;. The van der Waals surface area contributed by atoms with Gasteiger partial charge in [0, 0.05) is 0 Å². The average Bonchev–Trinajstić information content (AvgIpc) is 3.63. The molecule has 0 fully saturated rings. The molecule has 0 saturated carbocycles. The van der Waals surface area contributed by atoms with Gasteiger partial charge in [0.2, 0.25) is 0 Å². The molecule has 0 radical (unpaired) electrons. The molecule has 0 atom stereocenters. The monoisotopic (exact) mass is 639 g/mol. The Labute approximate surface area is 274 Å². The fourth-order valence-corrected chi connectivity index (χ4v) is 7.45. The van der Waals surface area contributed by atoms with Gasteiger partial charge in [-0.3, -0.25) is 0 Å². The van der Waals surface area contributed by atoms with Gasteiger partial charge in [0.15, 0.2) is 0 Å². The number of fused-ring (bicyclic) bond motifs is 3. The summed E-state index contributed by atoms with van der Waals surface area (Å²) in [4.78, 5) is 0. The maximum absolute atomic E-state index is 2.48. The van der Waals surface area contributed by atoms with E-state index in [9.17, 15) is 0 Å². The van der Waals surface area contributed by atoms with E-state index in [2.05, 4.69) is 159 Å². The van der Waals surface area contributed by atoms with Crippen molar-refractivity contribution < 1.29 is 24.2 Å². The Bertz CT molecular complexity index is 1820. The van der Waals surface area contributed by atoms with E-state index >= 15 is 0 Å². The van der Waals surface area contributed by atoms with E-state index in [1.165, 1.54) is 99.1 Å². The fourth-order valence-electron chi connectivity index (χ4n) is 6.63. The van der Waals surface area contributed by atoms with Crippen molar-refractivity contribution in [3.63, 3.8) is 0 Å². The topological polar surface area (TPSA) is 0 Å². The van der Waals surface area contributed by atoms with Crippen LogP contribution in [0.15, 0.2) is 97.1 Å². The second-order valence-electron chi connectivity index (χ2n) is 14.1. The van der Waals surface area contributed by atoms with Crippen molar-refractivity contribution >= 4 is 30.3 Å². The second-order valence-corrected chi connectivity index (χ2v) is 15.4. The van der Waals surface area contributed by atoms with Gasteiger partial charge in [0.05, 0.1) is 0 Å². The maximum atomic E-state index is 2.48. The van der Waals surface area contributed by atoms with Crippen molar-refractivity contribution in [2.75, 3.05) is 0 Å². The first-order valence-corrected chi connectivity index (χ1v) is 16.7. The predicted molar refractivity (Wildman–Crippen MR) is 186 cm³/mol. The van der Waals surface area contributed by atoms with Crippen molar-refractivity contribution in [3.8, 4) is 0 Å². The molecule has 1 heteroatoms. The summed E-state index contributed by atoms with van der Waals surface area (Å²) in [6, 6.07) is 28.4. The number of hydrogen-bond acceptors (Lipinski definition) is 0. The molecular weight excluding hydrogens is 596 g/mol. The summed E-state index contributed by atoms with van der Waals surface area (Å²) < 4.78 is 1.42. The van der Waals surface area contributed by atoms with Gasteiger partial charge >= 0.3 is 99.2 Å². The Morgan fingerprint density at radius 3 is 1.79 bits per heavy atom. The zero-order valence-electron chi connectivity index (χ0n) is 27.4. The Morgan fingerprint density at radius 1 is 0.721 bits per heavy atom. The van der Waals surface area contributed by atoms with Gasteiger partial charge in [-0.05, 0) is 38.0 Å². The molecule has 0 amide bonds. The zero-order chi connectivity index (χ0) is 31.1. The minimum atomic E-state index is 0.108. The molecule has 0 aliphatic heterocycles. The number of benzene rings is 4. The van der Waals surface area contributed by atoms with Crippen LogP contribution in [0.4, 0.5) is 0 Å². The molecule has 0 nitrogen and oxygen atoms in total. The molecule has 5 aromatic carbocycles. The van der Waals surface area contributed by atoms with Gasteiger partial charge < -0.3 is 0 Å². The van der Waals surface area contributed by atoms with E-state index in [0.717, 1.165) is 6.42 Å². The van der Waals surface area contributed by atoms with Crippen molar-refractivity contribution in [3.05, 3.63) is 142 Å². The van der Waals surface area contributed by atoms with Gasteiger partial charge in [0.1, 0.15) is 0 Å². The number of hydrogen-bond donors (Lipinski definition) is 0. The SMILES string of the molecule is Cc1c(C(C)(C)C)c(C2=CC=CC2)c2[cH-]c3cc(C(C)(C)C)cc(C)c3c2c1C.[Zr]=[C](c1ccccc1)c1ccccc1. The third-order valence-corrected chi connectivity index (χ3v) is 10.3. The van der Waals surface area contributed by atoms with Gasteiger partial charge in [-0.1, -0.05) is 105 Å². The zero-order valence-corrected chi connectivity index (χ0v) is 29.9. The molecule has 0 bridgehead atoms. The van der Waals surface area contributed by atoms with Crippen molar-refractivity contribution in [2.45, 2.75) is 79.6 Å². The van der Waals surface area contributed by atoms with Gasteiger partial charge in [0.25, 0.3) is 0 Å². The van der Waals surface area contributed by atoms with E-state index in [1.54, 1.807) is 0 Å². The first-order chi connectivity index (χ1) is 20.3. The van der Waals surface area contributed by atoms with E-state index in [-0.39, 0.29) is 10.8 Å². The normalized spacial score (nSPS) is 13.3. The first kappa shape index (κ1) is 31.4. The van der Waals surface area contributed by atoms with Gasteiger partial charge in [-0.2, -0.15) is 0 Å². The molecule has 1 aliphatic carbocycles. The van der Waals surface area contributed by atoms with Crippen LogP contribution in [0.1, 0.15) is 92.5 Å². The Balaban J connectivity index is 0.000000220. The summed E-state index contributed by atoms with van der Waals surface area (Å²) in [5.41, 5.74) is 13.1. The molecule has 0 aromatic heterocycles. The average molecular weight is 641 g/mol. The van der Waals surface area contributed by atoms with Crippen molar-refractivity contribution in [1.29, 1.82) is 0 Å². The van der Waals surface area contributed by atoms with Gasteiger partial charge in [-0.15, -0.1) is 33.7 Å². The number of allylic oxidation sites excluding steroid dienone is 4. The molecule has 0 saturated heterocycles. The molecule has 0 heterocycles. The van der Waals surface area contributed by atoms with Crippen LogP contribution < -0.4 is 0 Å². The van der Waals surface area contributed by atoms with Crippen molar-refractivity contribution in [1.82, 2.24) is 0 Å². The van der Waals surface area contributed by atoms with E-state index in [4.69, 9.17) is 0 Å². The summed E-state index contributed by atoms with van der Waals surface area (Å²) in [5.74, 6) is 0. The van der Waals surface area contributed by atoms with Crippen molar-refractivity contribution in [2.24, 2.45) is 0 Å². The third-order valence-electron chi connectivity index (χ3n) is 8.85. The molecule has 1 aliphatic rings. The summed E-state index contributed by atoms with van der Waals surface area (Å²) >= 11 is 1.46. The Morgan fingerprint density at radius 2 is 1.30 bits per heavy atom. The van der Waals surface area contributed by atoms with E-state index in [0.29, 0.717) is 0 Å². The Hall–Kier alpha value is -3.02. The third kappa shape index (κ3) is 6.30. The van der Waals surface area contributed by atoms with E-state index in [1.807, 2.05) is 0 Å². The molecular formula is C42H45Zr-. The van der Waals surface area contributed by atoms with Crippen LogP contribution in [0.5, 0.6) is 0 Å². The summed E-state index contributed by atoms with van der Waals surface area (Å²) in [6.07, 6.45) is 7.86. The van der Waals surface area contributed by atoms with Crippen LogP contribution >= 0.6 is 0 Å². The van der Waals surface area contributed by atoms with Gasteiger partial charge in [-0.25, -0.2) is 0 Å². The molecule has 5 aromatic rings. The van der Waals surface area contributed by atoms with E-state index < -0.39 is 0 Å². The minimum absolute atomic E-state index is 0.108. The molecule has 218 valence electrons. The van der Waals surface area contributed by atoms with Crippen LogP contribution in [0.2, 0.25) is 0 Å². The number of aryl methyl sites for hydroxylation is 2. The summed E-state index contributed by atoms with van der Waals surface area (Å²) in [6.45, 7) is 21.0. The molecule has 0 spiro atoms. The molecule has 0 unspecified atom stereocenters. The summed E-state index contributed by atoms with van der Waals surface area (Å²) in [7, 11) is 0. The fraction of sp³-hybridized carbons (Fsp3) is 0.286. The van der Waals surface area contributed by atoms with Crippen LogP contribution in [0, 0.1) is 20.8 Å². The molecule has 43 heavy (non-hydrogen) atoms. The predicted octanol–water partition coefficient (Wildman–Crippen LogP) is 11.4. The van der Waals surface area contributed by atoms with Crippen LogP contribution in [0.3, 0.4) is 0 Å². The van der Waals surface area contributed by atoms with Crippen LogP contribution in [-0.4, -0.2) is 3.21 Å². The summed E-state index contributed by atoms with van der Waals surface area (Å²) in [5, 5.41) is 5.75. The van der Waals surface area contributed by atoms with Crippen LogP contribution in [-0.2, 0) is 35.1 Å². The van der Waals surface area contributed by atoms with Crippen LogP contribution in [0.25, 0.3) is 27.1 Å².